The monoisotopic (exact) mass is 265 g/mol. The highest BCUT2D eigenvalue weighted by Crippen LogP contribution is 2.44. The summed E-state index contributed by atoms with van der Waals surface area (Å²) in [6.45, 7) is 5.09. The Bertz CT molecular complexity index is 426. The first kappa shape index (κ1) is 14.0. The summed E-state index contributed by atoms with van der Waals surface area (Å²) in [6.07, 6.45) is 2.42. The number of hydrogen-bond acceptors (Lipinski definition) is 4. The first-order valence-electron chi connectivity index (χ1n) is 6.82. The average molecular weight is 265 g/mol. The predicted octanol–water partition coefficient (Wildman–Crippen LogP) is 2.92. The zero-order chi connectivity index (χ0) is 13.8. The Morgan fingerprint density at radius 1 is 1.16 bits per heavy atom. The first-order chi connectivity index (χ1) is 9.17. The Morgan fingerprint density at radius 3 is 2.47 bits per heavy atom. The first-order valence-corrected chi connectivity index (χ1v) is 6.82. The van der Waals surface area contributed by atoms with Crippen molar-refractivity contribution in [3.63, 3.8) is 0 Å². The molecule has 0 spiro atoms. The second kappa shape index (κ2) is 6.15. The van der Waals surface area contributed by atoms with E-state index >= 15 is 0 Å². The van der Waals surface area contributed by atoms with E-state index in [1.165, 1.54) is 6.42 Å². The molecular formula is C15H23NO3. The van der Waals surface area contributed by atoms with Crippen LogP contribution in [0.15, 0.2) is 12.1 Å². The number of ether oxygens (including phenoxy) is 3. The van der Waals surface area contributed by atoms with E-state index in [4.69, 9.17) is 14.2 Å². The molecule has 0 radical (unpaired) electrons. The van der Waals surface area contributed by atoms with Crippen LogP contribution in [-0.2, 0) is 0 Å². The lowest BCUT2D eigenvalue weighted by Gasteiger charge is -2.22. The van der Waals surface area contributed by atoms with Crippen molar-refractivity contribution in [1.29, 1.82) is 0 Å². The van der Waals surface area contributed by atoms with Crippen LogP contribution in [0.2, 0.25) is 0 Å². The van der Waals surface area contributed by atoms with E-state index < -0.39 is 0 Å². The molecule has 1 atom stereocenters. The van der Waals surface area contributed by atoms with Crippen molar-refractivity contribution in [2.75, 3.05) is 20.8 Å². The van der Waals surface area contributed by atoms with Crippen LogP contribution >= 0.6 is 0 Å². The quantitative estimate of drug-likeness (QED) is 0.888. The zero-order valence-electron chi connectivity index (χ0n) is 12.2. The van der Waals surface area contributed by atoms with E-state index in [0.29, 0.717) is 17.5 Å². The molecule has 4 nitrogen and oxygen atoms in total. The summed E-state index contributed by atoms with van der Waals surface area (Å²) in [4.78, 5) is 0. The third-order valence-electron chi connectivity index (χ3n) is 3.32. The summed E-state index contributed by atoms with van der Waals surface area (Å²) in [5.74, 6) is 2.19. The van der Waals surface area contributed by atoms with E-state index in [1.807, 2.05) is 19.9 Å². The minimum Gasteiger partial charge on any atom is -0.493 e. The van der Waals surface area contributed by atoms with Gasteiger partial charge in [0.15, 0.2) is 11.5 Å². The summed E-state index contributed by atoms with van der Waals surface area (Å²) < 4.78 is 16.8. The van der Waals surface area contributed by atoms with Crippen molar-refractivity contribution in [2.24, 2.45) is 0 Å². The van der Waals surface area contributed by atoms with Gasteiger partial charge in [-0.1, -0.05) is 0 Å². The van der Waals surface area contributed by atoms with E-state index in [9.17, 15) is 0 Å². The molecule has 1 aromatic rings. The molecule has 1 heterocycles. The maximum Gasteiger partial charge on any atom is 0.203 e. The van der Waals surface area contributed by atoms with Crippen molar-refractivity contribution < 1.29 is 14.2 Å². The standard InChI is InChI=1S/C15H23NO3/c1-10(2)19-14-11(12-6-5-9-16-12)7-8-13(17-3)15(14)18-4/h7-8,10,12,16H,5-6,9H2,1-4H3. The fourth-order valence-electron chi connectivity index (χ4n) is 2.50. The molecule has 0 aliphatic carbocycles. The highest BCUT2D eigenvalue weighted by molar-refractivity contribution is 5.57. The van der Waals surface area contributed by atoms with E-state index in [2.05, 4.69) is 11.4 Å². The van der Waals surface area contributed by atoms with Crippen LogP contribution in [0.4, 0.5) is 0 Å². The molecule has 4 heteroatoms. The number of hydrogen-bond donors (Lipinski definition) is 1. The molecule has 1 fully saturated rings. The summed E-state index contributed by atoms with van der Waals surface area (Å²) in [5, 5.41) is 3.50. The molecule has 1 saturated heterocycles. The molecule has 0 aromatic heterocycles. The molecule has 1 aromatic carbocycles. The van der Waals surface area contributed by atoms with Crippen molar-refractivity contribution >= 4 is 0 Å². The summed E-state index contributed by atoms with van der Waals surface area (Å²) in [7, 11) is 3.29. The Kier molecular flexibility index (Phi) is 4.53. The Balaban J connectivity index is 2.45. The van der Waals surface area contributed by atoms with Crippen molar-refractivity contribution in [2.45, 2.75) is 38.8 Å². The summed E-state index contributed by atoms with van der Waals surface area (Å²) in [5.41, 5.74) is 1.16. The molecule has 19 heavy (non-hydrogen) atoms. The van der Waals surface area contributed by atoms with Gasteiger partial charge in [0, 0.05) is 11.6 Å². The van der Waals surface area contributed by atoms with Gasteiger partial charge in [0.05, 0.1) is 20.3 Å². The molecule has 1 N–H and O–H groups in total. The van der Waals surface area contributed by atoms with Gasteiger partial charge in [-0.25, -0.2) is 0 Å². The van der Waals surface area contributed by atoms with Crippen LogP contribution in [0, 0.1) is 0 Å². The van der Waals surface area contributed by atoms with Crippen molar-refractivity contribution in [3.05, 3.63) is 17.7 Å². The van der Waals surface area contributed by atoms with E-state index in [1.54, 1.807) is 14.2 Å². The van der Waals surface area contributed by atoms with Gasteiger partial charge in [-0.3, -0.25) is 0 Å². The fraction of sp³-hybridized carbons (Fsp3) is 0.600. The maximum atomic E-state index is 5.98. The minimum absolute atomic E-state index is 0.0983. The van der Waals surface area contributed by atoms with Crippen LogP contribution in [0.1, 0.15) is 38.3 Å². The number of methoxy groups -OCH3 is 2. The van der Waals surface area contributed by atoms with Gasteiger partial charge in [-0.15, -0.1) is 0 Å². The largest absolute Gasteiger partial charge is 0.493 e. The normalized spacial score (nSPS) is 18.7. The number of nitrogens with one attached hydrogen (secondary N) is 1. The molecule has 1 aliphatic rings. The third-order valence-corrected chi connectivity index (χ3v) is 3.32. The Hall–Kier alpha value is -1.42. The van der Waals surface area contributed by atoms with Crippen LogP contribution in [0.25, 0.3) is 0 Å². The number of rotatable bonds is 5. The summed E-state index contributed by atoms with van der Waals surface area (Å²) >= 11 is 0. The third kappa shape index (κ3) is 2.95. The fourth-order valence-corrected chi connectivity index (χ4v) is 2.50. The van der Waals surface area contributed by atoms with Gasteiger partial charge in [0.1, 0.15) is 0 Å². The second-order valence-corrected chi connectivity index (χ2v) is 5.03. The lowest BCUT2D eigenvalue weighted by molar-refractivity contribution is 0.222. The second-order valence-electron chi connectivity index (χ2n) is 5.03. The van der Waals surface area contributed by atoms with Crippen LogP contribution in [0.3, 0.4) is 0 Å². The van der Waals surface area contributed by atoms with Gasteiger partial charge in [-0.2, -0.15) is 0 Å². The van der Waals surface area contributed by atoms with Crippen molar-refractivity contribution in [3.8, 4) is 17.2 Å². The Labute approximate surface area is 115 Å². The molecule has 0 bridgehead atoms. The van der Waals surface area contributed by atoms with Crippen LogP contribution in [-0.4, -0.2) is 26.9 Å². The topological polar surface area (TPSA) is 39.7 Å². The smallest absolute Gasteiger partial charge is 0.203 e. The highest BCUT2D eigenvalue weighted by atomic mass is 16.5. The molecule has 0 amide bonds. The van der Waals surface area contributed by atoms with Gasteiger partial charge < -0.3 is 19.5 Å². The highest BCUT2D eigenvalue weighted by Gasteiger charge is 2.25. The van der Waals surface area contributed by atoms with Gasteiger partial charge in [-0.05, 0) is 45.4 Å². The van der Waals surface area contributed by atoms with Crippen LogP contribution < -0.4 is 19.5 Å². The molecule has 2 rings (SSSR count). The van der Waals surface area contributed by atoms with E-state index in [0.717, 1.165) is 24.3 Å². The zero-order valence-corrected chi connectivity index (χ0v) is 12.2. The molecule has 1 aliphatic heterocycles. The van der Waals surface area contributed by atoms with Gasteiger partial charge in [0.25, 0.3) is 0 Å². The van der Waals surface area contributed by atoms with E-state index in [-0.39, 0.29) is 6.10 Å². The maximum absolute atomic E-state index is 5.98. The summed E-state index contributed by atoms with van der Waals surface area (Å²) in [6, 6.07) is 4.36. The van der Waals surface area contributed by atoms with Crippen molar-refractivity contribution in [1.82, 2.24) is 5.32 Å². The lowest BCUT2D eigenvalue weighted by Crippen LogP contribution is -2.16. The molecule has 106 valence electrons. The molecular weight excluding hydrogens is 242 g/mol. The molecule has 0 saturated carbocycles. The van der Waals surface area contributed by atoms with Crippen LogP contribution in [0.5, 0.6) is 17.2 Å². The lowest BCUT2D eigenvalue weighted by atomic mass is 10.0. The minimum atomic E-state index is 0.0983. The van der Waals surface area contributed by atoms with Gasteiger partial charge in [0.2, 0.25) is 5.75 Å². The SMILES string of the molecule is COc1ccc(C2CCCN2)c(OC(C)C)c1OC. The molecule has 1 unspecified atom stereocenters. The predicted molar refractivity (Wildman–Crippen MR) is 75.3 cm³/mol. The number of benzene rings is 1. The Morgan fingerprint density at radius 2 is 1.95 bits per heavy atom. The van der Waals surface area contributed by atoms with Gasteiger partial charge >= 0.3 is 0 Å². The average Bonchev–Trinajstić information content (AvgIpc) is 2.91.